The highest BCUT2D eigenvalue weighted by Gasteiger charge is 2.25. The molecule has 0 spiro atoms. The molecule has 2 atom stereocenters. The van der Waals surface area contributed by atoms with Crippen molar-refractivity contribution in [2.45, 2.75) is 17.9 Å². The highest BCUT2D eigenvalue weighted by atomic mass is 32.2. The summed E-state index contributed by atoms with van der Waals surface area (Å²) in [5.41, 5.74) is 1.31. The zero-order chi connectivity index (χ0) is 10.7. The Morgan fingerprint density at radius 1 is 1.40 bits per heavy atom. The molecule has 0 unspecified atom stereocenters. The molecule has 0 saturated carbocycles. The van der Waals surface area contributed by atoms with E-state index < -0.39 is 0 Å². The zero-order valence-corrected chi connectivity index (χ0v) is 10.1. The van der Waals surface area contributed by atoms with Gasteiger partial charge in [-0.2, -0.15) is 0 Å². The van der Waals surface area contributed by atoms with Crippen molar-refractivity contribution in [1.29, 1.82) is 0 Å². The molecule has 1 aromatic carbocycles. The van der Waals surface area contributed by atoms with Gasteiger partial charge >= 0.3 is 0 Å². The first-order chi connectivity index (χ1) is 7.29. The molecule has 2 rings (SSSR count). The predicted octanol–water partition coefficient (Wildman–Crippen LogP) is 2.71. The van der Waals surface area contributed by atoms with E-state index in [2.05, 4.69) is 29.6 Å². The van der Waals surface area contributed by atoms with E-state index >= 15 is 0 Å². The van der Waals surface area contributed by atoms with Crippen LogP contribution in [0, 0.1) is 0 Å². The summed E-state index contributed by atoms with van der Waals surface area (Å²) in [4.78, 5) is 0. The molecular weight excluding hydrogens is 226 g/mol. The minimum absolute atomic E-state index is 0.0453. The van der Waals surface area contributed by atoms with Crippen molar-refractivity contribution in [1.82, 2.24) is 5.32 Å². The van der Waals surface area contributed by atoms with E-state index in [1.54, 1.807) is 18.9 Å². The normalized spacial score (nSPS) is 26.1. The van der Waals surface area contributed by atoms with Crippen LogP contribution in [0.1, 0.15) is 17.2 Å². The van der Waals surface area contributed by atoms with Crippen molar-refractivity contribution < 1.29 is 4.74 Å². The van der Waals surface area contributed by atoms with E-state index in [-0.39, 0.29) is 6.23 Å². The SMILES string of the molecule is CO[C@H]1C[C@H](c2ccccc2)SC(=S)N1. The molecule has 2 nitrogen and oxygen atoms in total. The Hall–Kier alpha value is -0.580. The van der Waals surface area contributed by atoms with Gasteiger partial charge in [0.15, 0.2) is 0 Å². The lowest BCUT2D eigenvalue weighted by Gasteiger charge is -2.30. The van der Waals surface area contributed by atoms with E-state index in [4.69, 9.17) is 17.0 Å². The summed E-state index contributed by atoms with van der Waals surface area (Å²) in [5, 5.41) is 3.55. The van der Waals surface area contributed by atoms with Crippen LogP contribution in [0.25, 0.3) is 0 Å². The molecule has 4 heteroatoms. The van der Waals surface area contributed by atoms with E-state index in [1.165, 1.54) is 5.56 Å². The van der Waals surface area contributed by atoms with Gasteiger partial charge in [-0.05, 0) is 5.56 Å². The van der Waals surface area contributed by atoms with Gasteiger partial charge in [-0.25, -0.2) is 0 Å². The van der Waals surface area contributed by atoms with Crippen LogP contribution in [0.15, 0.2) is 30.3 Å². The number of methoxy groups -OCH3 is 1. The van der Waals surface area contributed by atoms with Crippen molar-refractivity contribution in [2.24, 2.45) is 0 Å². The molecule has 80 valence electrons. The first-order valence-corrected chi connectivity index (χ1v) is 6.13. The number of thiocarbonyl (C=S) groups is 1. The summed E-state index contributed by atoms with van der Waals surface area (Å²) in [6, 6.07) is 10.4. The Labute approximate surface area is 99.4 Å². The van der Waals surface area contributed by atoms with Crippen LogP contribution in [0.4, 0.5) is 0 Å². The van der Waals surface area contributed by atoms with E-state index in [1.807, 2.05) is 6.07 Å². The minimum Gasteiger partial charge on any atom is -0.362 e. The molecule has 0 aromatic heterocycles. The molecular formula is C11H13NOS2. The van der Waals surface area contributed by atoms with Gasteiger partial charge in [-0.15, -0.1) is 0 Å². The molecule has 1 aliphatic rings. The maximum atomic E-state index is 5.30. The van der Waals surface area contributed by atoms with Gasteiger partial charge in [0.05, 0.1) is 0 Å². The highest BCUT2D eigenvalue weighted by Crippen LogP contribution is 2.36. The van der Waals surface area contributed by atoms with Crippen molar-refractivity contribution in [3.05, 3.63) is 35.9 Å². The van der Waals surface area contributed by atoms with Crippen LogP contribution in [0.3, 0.4) is 0 Å². The summed E-state index contributed by atoms with van der Waals surface area (Å²) in [6.45, 7) is 0. The number of hydrogen-bond donors (Lipinski definition) is 1. The van der Waals surface area contributed by atoms with Gasteiger partial charge in [-0.3, -0.25) is 0 Å². The minimum atomic E-state index is 0.0453. The topological polar surface area (TPSA) is 21.3 Å². The fourth-order valence-corrected chi connectivity index (χ4v) is 3.13. The maximum Gasteiger partial charge on any atom is 0.136 e. The third kappa shape index (κ3) is 2.71. The van der Waals surface area contributed by atoms with E-state index in [9.17, 15) is 0 Å². The lowest BCUT2D eigenvalue weighted by atomic mass is 10.1. The number of ether oxygens (including phenoxy) is 1. The standard InChI is InChI=1S/C11H13NOS2/c1-13-10-7-9(15-11(14)12-10)8-5-3-2-4-6-8/h2-6,9-10H,7H2,1H3,(H,12,14)/t9-,10+/m1/s1. The van der Waals surface area contributed by atoms with E-state index in [0.717, 1.165) is 10.7 Å². The molecule has 0 amide bonds. The second kappa shape index (κ2) is 4.96. The molecule has 1 heterocycles. The molecule has 0 bridgehead atoms. The molecule has 1 N–H and O–H groups in total. The summed E-state index contributed by atoms with van der Waals surface area (Å²) in [6.07, 6.45) is 0.995. The average molecular weight is 239 g/mol. The first-order valence-electron chi connectivity index (χ1n) is 4.84. The summed E-state index contributed by atoms with van der Waals surface area (Å²) < 4.78 is 6.12. The smallest absolute Gasteiger partial charge is 0.136 e. The van der Waals surface area contributed by atoms with E-state index in [0.29, 0.717) is 5.25 Å². The van der Waals surface area contributed by atoms with Gasteiger partial charge in [0, 0.05) is 18.8 Å². The number of thioether (sulfide) groups is 1. The number of nitrogens with one attached hydrogen (secondary N) is 1. The second-order valence-corrected chi connectivity index (χ2v) is 5.29. The average Bonchev–Trinajstić information content (AvgIpc) is 2.29. The Bertz CT molecular complexity index is 342. The molecule has 0 aliphatic carbocycles. The van der Waals surface area contributed by atoms with Crippen LogP contribution in [-0.4, -0.2) is 17.7 Å². The summed E-state index contributed by atoms with van der Waals surface area (Å²) in [5.74, 6) is 0. The monoisotopic (exact) mass is 239 g/mol. The molecule has 1 aromatic rings. The van der Waals surface area contributed by atoms with Gasteiger partial charge in [0.25, 0.3) is 0 Å². The van der Waals surface area contributed by atoms with Gasteiger partial charge < -0.3 is 10.1 Å². The van der Waals surface area contributed by atoms with Gasteiger partial charge in [0.1, 0.15) is 10.5 Å². The van der Waals surface area contributed by atoms with Crippen molar-refractivity contribution >= 4 is 28.3 Å². The molecule has 1 fully saturated rings. The maximum absolute atomic E-state index is 5.30. The van der Waals surface area contributed by atoms with Crippen LogP contribution in [0.5, 0.6) is 0 Å². The Morgan fingerprint density at radius 2 is 2.13 bits per heavy atom. The van der Waals surface area contributed by atoms with Crippen LogP contribution in [-0.2, 0) is 4.74 Å². The fourth-order valence-electron chi connectivity index (χ4n) is 1.62. The first kappa shape index (κ1) is 10.9. The van der Waals surface area contributed by atoms with Crippen molar-refractivity contribution in [3.8, 4) is 0 Å². The Kier molecular flexibility index (Phi) is 3.61. The van der Waals surface area contributed by atoms with Gasteiger partial charge in [-0.1, -0.05) is 54.3 Å². The third-order valence-electron chi connectivity index (χ3n) is 2.41. The van der Waals surface area contributed by atoms with Crippen molar-refractivity contribution in [2.75, 3.05) is 7.11 Å². The number of hydrogen-bond acceptors (Lipinski definition) is 3. The molecule has 15 heavy (non-hydrogen) atoms. The highest BCUT2D eigenvalue weighted by molar-refractivity contribution is 8.23. The number of benzene rings is 1. The quantitative estimate of drug-likeness (QED) is 0.801. The van der Waals surface area contributed by atoms with Crippen LogP contribution >= 0.6 is 24.0 Å². The molecule has 1 aliphatic heterocycles. The Balaban J connectivity index is 2.12. The fraction of sp³-hybridized carbons (Fsp3) is 0.364. The van der Waals surface area contributed by atoms with Crippen LogP contribution < -0.4 is 5.32 Å². The second-order valence-electron chi connectivity index (χ2n) is 3.41. The number of rotatable bonds is 2. The molecule has 1 saturated heterocycles. The third-order valence-corrected chi connectivity index (χ3v) is 3.90. The molecule has 0 radical (unpaired) electrons. The summed E-state index contributed by atoms with van der Waals surface area (Å²) in [7, 11) is 1.71. The lowest BCUT2D eigenvalue weighted by Crippen LogP contribution is -2.38. The summed E-state index contributed by atoms with van der Waals surface area (Å²) >= 11 is 6.90. The largest absolute Gasteiger partial charge is 0.362 e. The van der Waals surface area contributed by atoms with Crippen molar-refractivity contribution in [3.63, 3.8) is 0 Å². The lowest BCUT2D eigenvalue weighted by molar-refractivity contribution is 0.0827. The predicted molar refractivity (Wildman–Crippen MR) is 67.9 cm³/mol. The van der Waals surface area contributed by atoms with Crippen LogP contribution in [0.2, 0.25) is 0 Å². The zero-order valence-electron chi connectivity index (χ0n) is 8.47. The van der Waals surface area contributed by atoms with Gasteiger partial charge in [0.2, 0.25) is 0 Å². The Morgan fingerprint density at radius 3 is 2.80 bits per heavy atom.